The van der Waals surface area contributed by atoms with Gasteiger partial charge in [0.2, 0.25) is 15.9 Å². The van der Waals surface area contributed by atoms with E-state index in [2.05, 4.69) is 0 Å². The van der Waals surface area contributed by atoms with Crippen LogP contribution >= 0.6 is 11.3 Å². The first-order valence-corrected chi connectivity index (χ1v) is 7.47. The summed E-state index contributed by atoms with van der Waals surface area (Å²) in [6, 6.07) is 1.45. The van der Waals surface area contributed by atoms with Gasteiger partial charge in [0.25, 0.3) is 0 Å². The zero-order valence-corrected chi connectivity index (χ0v) is 12.0. The molecule has 0 radical (unpaired) electrons. The van der Waals surface area contributed by atoms with Gasteiger partial charge in [-0.2, -0.15) is 4.31 Å². The maximum absolute atomic E-state index is 12.3. The van der Waals surface area contributed by atoms with E-state index in [1.54, 1.807) is 13.8 Å². The molecule has 0 bridgehead atoms. The summed E-state index contributed by atoms with van der Waals surface area (Å²) in [4.78, 5) is 22.9. The molecule has 19 heavy (non-hydrogen) atoms. The highest BCUT2D eigenvalue weighted by Gasteiger charge is 2.30. The Labute approximate surface area is 114 Å². The number of amides is 1. The van der Waals surface area contributed by atoms with Crippen LogP contribution in [0.4, 0.5) is 0 Å². The maximum Gasteiger partial charge on any atom is 0.318 e. The van der Waals surface area contributed by atoms with Crippen molar-refractivity contribution in [2.45, 2.75) is 18.7 Å². The standard InChI is InChI=1S/C10H14N2O5S2/c1-6-3-8(7(2)18-6)19(16,17)12(4-9(11)13)5-10(14)15/h3H,4-5H2,1-2H3,(H2,11,13)(H,14,15). The lowest BCUT2D eigenvalue weighted by Crippen LogP contribution is -2.41. The lowest BCUT2D eigenvalue weighted by Gasteiger charge is -2.18. The van der Waals surface area contributed by atoms with Crippen LogP contribution in [0.3, 0.4) is 0 Å². The molecular formula is C10H14N2O5S2. The van der Waals surface area contributed by atoms with Crippen LogP contribution in [0, 0.1) is 13.8 Å². The van der Waals surface area contributed by atoms with Crippen molar-refractivity contribution in [3.8, 4) is 0 Å². The molecule has 0 aromatic carbocycles. The fourth-order valence-corrected chi connectivity index (χ4v) is 4.43. The molecule has 3 N–H and O–H groups in total. The Hall–Kier alpha value is -1.45. The molecule has 0 atom stereocenters. The minimum atomic E-state index is -4.04. The molecule has 1 rings (SSSR count). The number of hydrogen-bond acceptors (Lipinski definition) is 5. The van der Waals surface area contributed by atoms with E-state index < -0.39 is 35.0 Å². The summed E-state index contributed by atoms with van der Waals surface area (Å²) in [6.07, 6.45) is 0. The highest BCUT2D eigenvalue weighted by molar-refractivity contribution is 7.89. The van der Waals surface area contributed by atoms with Crippen molar-refractivity contribution in [1.82, 2.24) is 4.31 Å². The number of carbonyl (C=O) groups excluding carboxylic acids is 1. The summed E-state index contributed by atoms with van der Waals surface area (Å²) in [6.45, 7) is 1.89. The van der Waals surface area contributed by atoms with Gasteiger partial charge in [0, 0.05) is 9.75 Å². The third kappa shape index (κ3) is 3.75. The molecule has 7 nitrogen and oxygen atoms in total. The lowest BCUT2D eigenvalue weighted by molar-refractivity contribution is -0.137. The van der Waals surface area contributed by atoms with Crippen LogP contribution in [0.2, 0.25) is 0 Å². The van der Waals surface area contributed by atoms with E-state index >= 15 is 0 Å². The Kier molecular flexibility index (Phi) is 4.66. The molecular weight excluding hydrogens is 292 g/mol. The number of primary amides is 1. The zero-order valence-electron chi connectivity index (χ0n) is 10.4. The van der Waals surface area contributed by atoms with Crippen molar-refractivity contribution in [3.05, 3.63) is 15.8 Å². The van der Waals surface area contributed by atoms with Gasteiger partial charge in [-0.05, 0) is 19.9 Å². The smallest absolute Gasteiger partial charge is 0.318 e. The minimum absolute atomic E-state index is 0.0116. The van der Waals surface area contributed by atoms with E-state index in [0.29, 0.717) is 9.18 Å². The van der Waals surface area contributed by atoms with Crippen molar-refractivity contribution in [2.24, 2.45) is 5.73 Å². The number of carboxylic acids is 1. The van der Waals surface area contributed by atoms with E-state index in [9.17, 15) is 18.0 Å². The second-order valence-corrected chi connectivity index (χ2v) is 7.28. The first-order chi connectivity index (χ1) is 8.64. The Bertz CT molecular complexity index is 589. The number of hydrogen-bond donors (Lipinski definition) is 2. The van der Waals surface area contributed by atoms with E-state index in [1.807, 2.05) is 0 Å². The highest BCUT2D eigenvalue weighted by atomic mass is 32.2. The molecule has 0 unspecified atom stereocenters. The topological polar surface area (TPSA) is 118 Å². The fourth-order valence-electron chi connectivity index (χ4n) is 1.55. The maximum atomic E-state index is 12.3. The van der Waals surface area contributed by atoms with Crippen LogP contribution in [-0.2, 0) is 19.6 Å². The number of nitrogens with two attached hydrogens (primary N) is 1. The SMILES string of the molecule is Cc1cc(S(=O)(=O)N(CC(N)=O)CC(=O)O)c(C)s1. The normalized spacial score (nSPS) is 11.7. The number of thiophene rings is 1. The van der Waals surface area contributed by atoms with E-state index in [0.717, 1.165) is 4.88 Å². The second kappa shape index (κ2) is 5.68. The summed E-state index contributed by atoms with van der Waals surface area (Å²) < 4.78 is 25.2. The van der Waals surface area contributed by atoms with Gasteiger partial charge in [-0.1, -0.05) is 0 Å². The van der Waals surface area contributed by atoms with Crippen LogP contribution in [0.5, 0.6) is 0 Å². The summed E-state index contributed by atoms with van der Waals surface area (Å²) in [7, 11) is -4.04. The van der Waals surface area contributed by atoms with E-state index in [1.165, 1.54) is 17.4 Å². The van der Waals surface area contributed by atoms with Gasteiger partial charge in [0.15, 0.2) is 0 Å². The molecule has 1 amide bonds. The summed E-state index contributed by atoms with van der Waals surface area (Å²) >= 11 is 1.28. The van der Waals surface area contributed by atoms with Crippen LogP contribution in [0.1, 0.15) is 9.75 Å². The molecule has 1 aromatic rings. The van der Waals surface area contributed by atoms with Gasteiger partial charge in [-0.25, -0.2) is 8.42 Å². The number of carboxylic acid groups (broad SMARTS) is 1. The third-order valence-corrected chi connectivity index (χ3v) is 5.27. The van der Waals surface area contributed by atoms with E-state index in [4.69, 9.17) is 10.8 Å². The average molecular weight is 306 g/mol. The quantitative estimate of drug-likeness (QED) is 0.762. The zero-order chi connectivity index (χ0) is 14.8. The monoisotopic (exact) mass is 306 g/mol. The van der Waals surface area contributed by atoms with Crippen LogP contribution in [0.15, 0.2) is 11.0 Å². The summed E-state index contributed by atoms with van der Waals surface area (Å²) in [5, 5.41) is 8.73. The number of sulfonamides is 1. The summed E-state index contributed by atoms with van der Waals surface area (Å²) in [5.41, 5.74) is 4.95. The largest absolute Gasteiger partial charge is 0.480 e. The predicted molar refractivity (Wildman–Crippen MR) is 69.4 cm³/mol. The first kappa shape index (κ1) is 15.6. The van der Waals surface area contributed by atoms with Crippen molar-refractivity contribution in [1.29, 1.82) is 0 Å². The number of nitrogens with zero attached hydrogens (tertiary/aromatic N) is 1. The molecule has 9 heteroatoms. The highest BCUT2D eigenvalue weighted by Crippen LogP contribution is 2.27. The number of carbonyl (C=O) groups is 2. The van der Waals surface area contributed by atoms with E-state index in [-0.39, 0.29) is 4.90 Å². The molecule has 106 valence electrons. The lowest BCUT2D eigenvalue weighted by atomic mass is 10.4. The van der Waals surface area contributed by atoms with Crippen molar-refractivity contribution in [3.63, 3.8) is 0 Å². The van der Waals surface area contributed by atoms with Gasteiger partial charge < -0.3 is 10.8 Å². The fraction of sp³-hybridized carbons (Fsp3) is 0.400. The van der Waals surface area contributed by atoms with Crippen molar-refractivity contribution < 1.29 is 23.1 Å². The van der Waals surface area contributed by atoms with Crippen molar-refractivity contribution in [2.75, 3.05) is 13.1 Å². The minimum Gasteiger partial charge on any atom is -0.480 e. The Morgan fingerprint density at radius 1 is 1.37 bits per heavy atom. The van der Waals surface area contributed by atoms with Gasteiger partial charge in [-0.3, -0.25) is 9.59 Å². The molecule has 0 aliphatic heterocycles. The van der Waals surface area contributed by atoms with Gasteiger partial charge >= 0.3 is 5.97 Å². The first-order valence-electron chi connectivity index (χ1n) is 5.22. The van der Waals surface area contributed by atoms with Gasteiger partial charge in [0.05, 0.1) is 11.4 Å². The summed E-state index contributed by atoms with van der Waals surface area (Å²) in [5.74, 6) is -2.26. The average Bonchev–Trinajstić information content (AvgIpc) is 2.56. The molecule has 0 saturated heterocycles. The Morgan fingerprint density at radius 2 is 1.95 bits per heavy atom. The molecule has 1 aromatic heterocycles. The second-order valence-electron chi connectivity index (χ2n) is 3.91. The molecule has 0 aliphatic rings. The molecule has 0 fully saturated rings. The van der Waals surface area contributed by atoms with Crippen molar-refractivity contribution >= 4 is 33.2 Å². The number of aliphatic carboxylic acids is 1. The number of rotatable bonds is 6. The molecule has 0 aliphatic carbocycles. The van der Waals surface area contributed by atoms with Crippen LogP contribution < -0.4 is 5.73 Å². The van der Waals surface area contributed by atoms with Crippen LogP contribution in [-0.4, -0.2) is 42.8 Å². The number of aryl methyl sites for hydroxylation is 2. The van der Waals surface area contributed by atoms with Gasteiger partial charge in [0.1, 0.15) is 6.54 Å². The third-order valence-electron chi connectivity index (χ3n) is 2.26. The van der Waals surface area contributed by atoms with Crippen LogP contribution in [0.25, 0.3) is 0 Å². The Morgan fingerprint density at radius 3 is 2.32 bits per heavy atom. The molecule has 1 heterocycles. The molecule has 0 saturated carbocycles. The molecule has 0 spiro atoms. The predicted octanol–water partition coefficient (Wildman–Crippen LogP) is -0.0745. The Balaban J connectivity index is 3.22. The van der Waals surface area contributed by atoms with Gasteiger partial charge in [-0.15, -0.1) is 11.3 Å².